The van der Waals surface area contributed by atoms with E-state index >= 15 is 0 Å². The van der Waals surface area contributed by atoms with Gasteiger partial charge >= 0.3 is 0 Å². The highest BCUT2D eigenvalue weighted by molar-refractivity contribution is 5.57. The fourth-order valence-electron chi connectivity index (χ4n) is 3.83. The normalized spacial score (nSPS) is 22.3. The van der Waals surface area contributed by atoms with E-state index in [1.807, 2.05) is 42.5 Å². The van der Waals surface area contributed by atoms with E-state index in [1.54, 1.807) is 7.11 Å². The second kappa shape index (κ2) is 8.03. The number of aliphatic hydroxyl groups excluding tert-OH is 1. The molecule has 2 atom stereocenters. The number of likely N-dealkylation sites (tertiary alicyclic amines) is 1. The smallest absolute Gasteiger partial charge is 0.231 e. The first kappa shape index (κ1) is 17.9. The minimum atomic E-state index is -0.390. The van der Waals surface area contributed by atoms with Gasteiger partial charge in [-0.1, -0.05) is 36.4 Å². The molecule has 0 bridgehead atoms. The van der Waals surface area contributed by atoms with Crippen LogP contribution in [0.2, 0.25) is 0 Å². The zero-order chi connectivity index (χ0) is 18.6. The number of benzene rings is 2. The van der Waals surface area contributed by atoms with E-state index in [-0.39, 0.29) is 12.7 Å². The predicted octanol–water partition coefficient (Wildman–Crippen LogP) is 3.29. The third-order valence-electron chi connectivity index (χ3n) is 5.29. The third-order valence-corrected chi connectivity index (χ3v) is 5.29. The molecule has 0 amide bonds. The van der Waals surface area contributed by atoms with Gasteiger partial charge in [-0.15, -0.1) is 0 Å². The van der Waals surface area contributed by atoms with Crippen LogP contribution in [-0.4, -0.2) is 49.6 Å². The molecular formula is C22H25NO4. The van der Waals surface area contributed by atoms with Crippen LogP contribution in [0.3, 0.4) is 0 Å². The molecule has 0 spiro atoms. The van der Waals surface area contributed by atoms with Gasteiger partial charge in [0.05, 0.1) is 13.2 Å². The highest BCUT2D eigenvalue weighted by atomic mass is 16.7. The van der Waals surface area contributed by atoms with Crippen molar-refractivity contribution in [2.75, 3.05) is 33.5 Å². The molecule has 1 saturated heterocycles. The highest BCUT2D eigenvalue weighted by Gasteiger charge is 2.29. The van der Waals surface area contributed by atoms with Crippen LogP contribution in [0, 0.1) is 0 Å². The Balaban J connectivity index is 1.35. The summed E-state index contributed by atoms with van der Waals surface area (Å²) >= 11 is 0. The summed E-state index contributed by atoms with van der Waals surface area (Å²) in [6.07, 6.45) is 4.74. The van der Waals surface area contributed by atoms with Crippen molar-refractivity contribution in [3.63, 3.8) is 0 Å². The Morgan fingerprint density at radius 3 is 2.89 bits per heavy atom. The van der Waals surface area contributed by atoms with Gasteiger partial charge in [-0.3, -0.25) is 4.90 Å². The van der Waals surface area contributed by atoms with Gasteiger partial charge in [0.25, 0.3) is 0 Å². The first-order valence-electron chi connectivity index (χ1n) is 9.34. The van der Waals surface area contributed by atoms with E-state index in [9.17, 15) is 5.11 Å². The number of ether oxygens (including phenoxy) is 3. The Bertz CT molecular complexity index is 820. The number of nitrogens with zero attached hydrogens (tertiary/aromatic N) is 1. The Morgan fingerprint density at radius 1 is 1.19 bits per heavy atom. The summed E-state index contributed by atoms with van der Waals surface area (Å²) in [5.41, 5.74) is 2.19. The topological polar surface area (TPSA) is 51.2 Å². The number of hydrogen-bond donors (Lipinski definition) is 1. The zero-order valence-electron chi connectivity index (χ0n) is 15.5. The van der Waals surface area contributed by atoms with Gasteiger partial charge in [0, 0.05) is 24.6 Å². The molecule has 0 aliphatic carbocycles. The largest absolute Gasteiger partial charge is 0.496 e. The monoisotopic (exact) mass is 367 g/mol. The van der Waals surface area contributed by atoms with E-state index in [1.165, 1.54) is 0 Å². The number of aliphatic hydroxyl groups is 1. The Hall–Kier alpha value is -2.50. The molecule has 0 unspecified atom stereocenters. The second-order valence-electron chi connectivity index (χ2n) is 6.98. The molecule has 2 aliphatic heterocycles. The van der Waals surface area contributed by atoms with Crippen molar-refractivity contribution in [3.05, 3.63) is 59.7 Å². The first-order chi connectivity index (χ1) is 13.2. The van der Waals surface area contributed by atoms with E-state index in [2.05, 4.69) is 17.1 Å². The number of piperidine rings is 1. The summed E-state index contributed by atoms with van der Waals surface area (Å²) in [6, 6.07) is 13.9. The van der Waals surface area contributed by atoms with Crippen LogP contribution in [0.15, 0.2) is 48.5 Å². The van der Waals surface area contributed by atoms with Crippen LogP contribution in [0.25, 0.3) is 6.08 Å². The maximum atomic E-state index is 10.7. The third kappa shape index (κ3) is 3.94. The molecule has 2 heterocycles. The maximum absolute atomic E-state index is 10.7. The van der Waals surface area contributed by atoms with Crippen molar-refractivity contribution in [1.82, 2.24) is 4.90 Å². The van der Waals surface area contributed by atoms with Gasteiger partial charge < -0.3 is 19.3 Å². The van der Waals surface area contributed by atoms with Crippen LogP contribution < -0.4 is 14.2 Å². The standard InChI is InChI=1S/C22H25NO4/c1-25-20-7-3-2-5-16(20)6-4-11-23-12-10-18(19(24)14-23)17-8-9-21-22(13-17)27-15-26-21/h2-9,13,18-19,24H,10-12,14-15H2,1H3/b6-4+/t18-,19+/m0/s1. The molecule has 4 rings (SSSR count). The minimum Gasteiger partial charge on any atom is -0.496 e. The molecule has 5 nitrogen and oxygen atoms in total. The molecule has 142 valence electrons. The number of para-hydroxylation sites is 1. The molecule has 2 aromatic carbocycles. The van der Waals surface area contributed by atoms with Crippen molar-refractivity contribution in [3.8, 4) is 17.2 Å². The van der Waals surface area contributed by atoms with Crippen LogP contribution >= 0.6 is 0 Å². The molecule has 27 heavy (non-hydrogen) atoms. The number of rotatable bonds is 5. The van der Waals surface area contributed by atoms with E-state index in [4.69, 9.17) is 14.2 Å². The lowest BCUT2D eigenvalue weighted by molar-refractivity contribution is 0.0570. The molecule has 0 radical (unpaired) electrons. The Morgan fingerprint density at radius 2 is 2.04 bits per heavy atom. The van der Waals surface area contributed by atoms with Gasteiger partial charge in [-0.05, 0) is 36.7 Å². The number of hydrogen-bond acceptors (Lipinski definition) is 5. The second-order valence-corrected chi connectivity index (χ2v) is 6.98. The van der Waals surface area contributed by atoms with Gasteiger partial charge in [0.2, 0.25) is 6.79 Å². The Labute approximate surface area is 159 Å². The fraction of sp³-hybridized carbons (Fsp3) is 0.364. The molecular weight excluding hydrogens is 342 g/mol. The summed E-state index contributed by atoms with van der Waals surface area (Å²) in [5, 5.41) is 10.7. The summed E-state index contributed by atoms with van der Waals surface area (Å²) in [5.74, 6) is 2.57. The SMILES string of the molecule is COc1ccccc1/C=C/CN1CC[C@@H](c2ccc3c(c2)OCO3)[C@H](O)C1. The first-order valence-corrected chi connectivity index (χ1v) is 9.34. The number of fused-ring (bicyclic) bond motifs is 1. The van der Waals surface area contributed by atoms with Crippen molar-refractivity contribution in [2.45, 2.75) is 18.4 Å². The molecule has 0 aromatic heterocycles. The Kier molecular flexibility index (Phi) is 5.32. The highest BCUT2D eigenvalue weighted by Crippen LogP contribution is 2.37. The number of methoxy groups -OCH3 is 1. The van der Waals surface area contributed by atoms with E-state index in [0.717, 1.165) is 47.9 Å². The van der Waals surface area contributed by atoms with Crippen molar-refractivity contribution < 1.29 is 19.3 Å². The van der Waals surface area contributed by atoms with Gasteiger partial charge in [-0.2, -0.15) is 0 Å². The molecule has 2 aromatic rings. The lowest BCUT2D eigenvalue weighted by Gasteiger charge is -2.35. The summed E-state index contributed by atoms with van der Waals surface area (Å²) in [6.45, 7) is 2.70. The van der Waals surface area contributed by atoms with Gasteiger partial charge in [-0.25, -0.2) is 0 Å². The van der Waals surface area contributed by atoms with Crippen molar-refractivity contribution in [1.29, 1.82) is 0 Å². The lowest BCUT2D eigenvalue weighted by Crippen LogP contribution is -2.42. The van der Waals surface area contributed by atoms with Crippen LogP contribution in [0.1, 0.15) is 23.5 Å². The summed E-state index contributed by atoms with van der Waals surface area (Å²) < 4.78 is 16.2. The average Bonchev–Trinajstić information content (AvgIpc) is 3.16. The van der Waals surface area contributed by atoms with Crippen LogP contribution in [0.4, 0.5) is 0 Å². The van der Waals surface area contributed by atoms with E-state index < -0.39 is 6.10 Å². The molecule has 5 heteroatoms. The van der Waals surface area contributed by atoms with Crippen molar-refractivity contribution in [2.24, 2.45) is 0 Å². The zero-order valence-corrected chi connectivity index (χ0v) is 15.5. The molecule has 1 fully saturated rings. The molecule has 2 aliphatic rings. The van der Waals surface area contributed by atoms with Gasteiger partial charge in [0.15, 0.2) is 11.5 Å². The van der Waals surface area contributed by atoms with Crippen molar-refractivity contribution >= 4 is 6.08 Å². The lowest BCUT2D eigenvalue weighted by atomic mass is 9.87. The van der Waals surface area contributed by atoms with Gasteiger partial charge in [0.1, 0.15) is 5.75 Å². The molecule has 1 N–H and O–H groups in total. The van der Waals surface area contributed by atoms with E-state index in [0.29, 0.717) is 6.54 Å². The number of β-amino-alcohol motifs (C(OH)–C–C–N with tert-alkyl or cyclic N) is 1. The summed E-state index contributed by atoms with van der Waals surface area (Å²) in [7, 11) is 1.68. The average molecular weight is 367 g/mol. The quantitative estimate of drug-likeness (QED) is 0.879. The maximum Gasteiger partial charge on any atom is 0.231 e. The fourth-order valence-corrected chi connectivity index (χ4v) is 3.83. The predicted molar refractivity (Wildman–Crippen MR) is 104 cm³/mol. The van der Waals surface area contributed by atoms with Crippen LogP contribution in [-0.2, 0) is 0 Å². The minimum absolute atomic E-state index is 0.133. The summed E-state index contributed by atoms with van der Waals surface area (Å²) in [4.78, 5) is 2.28. The molecule has 0 saturated carbocycles. The van der Waals surface area contributed by atoms with Crippen LogP contribution in [0.5, 0.6) is 17.2 Å².